The average molecular weight is 390 g/mol. The maximum atomic E-state index is 12.5. The number of fused-ring (bicyclic) bond motifs is 1. The standard InChI is InChI=1S/C21H18N4O4/c1-23-19-17(20(28)24(2)21(23)29)22-12-25(19)11-13-3-5-14(6-4-13)18(27)15-7-9-16(26)10-8-15/h3-10,12,26H,11H2,1-2H3. The van der Waals surface area contributed by atoms with Crippen LogP contribution < -0.4 is 11.2 Å². The molecule has 29 heavy (non-hydrogen) atoms. The van der Waals surface area contributed by atoms with Gasteiger partial charge < -0.3 is 9.67 Å². The van der Waals surface area contributed by atoms with E-state index in [4.69, 9.17) is 0 Å². The molecule has 0 saturated heterocycles. The van der Waals surface area contributed by atoms with Crippen LogP contribution >= 0.6 is 0 Å². The van der Waals surface area contributed by atoms with Gasteiger partial charge in [0.1, 0.15) is 11.4 Å². The summed E-state index contributed by atoms with van der Waals surface area (Å²) in [5.41, 5.74) is 1.73. The molecule has 0 unspecified atom stereocenters. The first-order valence-electron chi connectivity index (χ1n) is 8.90. The quantitative estimate of drug-likeness (QED) is 0.532. The van der Waals surface area contributed by atoms with E-state index in [0.717, 1.165) is 10.1 Å². The number of benzene rings is 2. The van der Waals surface area contributed by atoms with Crippen LogP contribution in [-0.4, -0.2) is 29.6 Å². The van der Waals surface area contributed by atoms with Crippen molar-refractivity contribution in [3.05, 3.63) is 92.4 Å². The van der Waals surface area contributed by atoms with Gasteiger partial charge in [-0.3, -0.25) is 18.7 Å². The number of carbonyl (C=O) groups is 1. The lowest BCUT2D eigenvalue weighted by atomic mass is 10.0. The molecule has 2 aromatic carbocycles. The molecule has 0 fully saturated rings. The molecule has 2 heterocycles. The molecule has 8 nitrogen and oxygen atoms in total. The van der Waals surface area contributed by atoms with E-state index in [1.807, 2.05) is 12.1 Å². The number of aromatic hydroxyl groups is 1. The Kier molecular flexibility index (Phi) is 4.38. The molecular formula is C21H18N4O4. The Labute approximate surface area is 164 Å². The highest BCUT2D eigenvalue weighted by Gasteiger charge is 2.14. The number of nitrogens with zero attached hydrogens (tertiary/aromatic N) is 4. The van der Waals surface area contributed by atoms with E-state index >= 15 is 0 Å². The van der Waals surface area contributed by atoms with E-state index in [0.29, 0.717) is 23.3 Å². The van der Waals surface area contributed by atoms with Crippen LogP contribution in [-0.2, 0) is 20.6 Å². The Bertz CT molecular complexity index is 1340. The van der Waals surface area contributed by atoms with E-state index in [-0.39, 0.29) is 17.0 Å². The van der Waals surface area contributed by atoms with Gasteiger partial charge in [-0.05, 0) is 29.8 Å². The summed E-state index contributed by atoms with van der Waals surface area (Å²) in [7, 11) is 3.02. The molecule has 0 amide bonds. The Morgan fingerprint density at radius 1 is 0.931 bits per heavy atom. The monoisotopic (exact) mass is 390 g/mol. The Hall–Kier alpha value is -3.94. The fraction of sp³-hybridized carbons (Fsp3) is 0.143. The highest BCUT2D eigenvalue weighted by atomic mass is 16.3. The zero-order valence-electron chi connectivity index (χ0n) is 15.9. The third-order valence-electron chi connectivity index (χ3n) is 4.91. The Balaban J connectivity index is 1.65. The normalized spacial score (nSPS) is 11.1. The molecule has 146 valence electrons. The molecule has 1 N–H and O–H groups in total. The number of rotatable bonds is 4. The number of imidazole rings is 1. The van der Waals surface area contributed by atoms with Crippen LogP contribution in [0, 0.1) is 0 Å². The molecule has 0 aliphatic carbocycles. The van der Waals surface area contributed by atoms with Crippen LogP contribution in [0.25, 0.3) is 11.2 Å². The average Bonchev–Trinajstić information content (AvgIpc) is 3.15. The molecule has 0 aliphatic heterocycles. The van der Waals surface area contributed by atoms with Crippen LogP contribution in [0.1, 0.15) is 21.5 Å². The van der Waals surface area contributed by atoms with Crippen molar-refractivity contribution in [3.63, 3.8) is 0 Å². The zero-order valence-corrected chi connectivity index (χ0v) is 15.9. The van der Waals surface area contributed by atoms with E-state index in [2.05, 4.69) is 4.98 Å². The largest absolute Gasteiger partial charge is 0.508 e. The third kappa shape index (κ3) is 3.14. The minimum absolute atomic E-state index is 0.105. The minimum atomic E-state index is -0.434. The van der Waals surface area contributed by atoms with Crippen molar-refractivity contribution in [2.75, 3.05) is 0 Å². The topological polar surface area (TPSA) is 99.1 Å². The van der Waals surface area contributed by atoms with Crippen molar-refractivity contribution in [2.45, 2.75) is 6.54 Å². The highest BCUT2D eigenvalue weighted by Crippen LogP contribution is 2.16. The molecule has 8 heteroatoms. The molecule has 0 saturated carbocycles. The summed E-state index contributed by atoms with van der Waals surface area (Å²) in [6.07, 6.45) is 1.53. The Morgan fingerprint density at radius 2 is 1.52 bits per heavy atom. The van der Waals surface area contributed by atoms with Gasteiger partial charge in [0.05, 0.1) is 12.9 Å². The number of hydrogen-bond donors (Lipinski definition) is 1. The van der Waals surface area contributed by atoms with Crippen molar-refractivity contribution in [3.8, 4) is 5.75 Å². The van der Waals surface area contributed by atoms with Crippen molar-refractivity contribution in [1.82, 2.24) is 18.7 Å². The van der Waals surface area contributed by atoms with Crippen molar-refractivity contribution >= 4 is 16.9 Å². The summed E-state index contributed by atoms with van der Waals surface area (Å²) in [5, 5.41) is 9.35. The summed E-state index contributed by atoms with van der Waals surface area (Å²) < 4.78 is 4.16. The molecule has 0 aliphatic rings. The molecule has 0 spiro atoms. The molecule has 4 rings (SSSR count). The fourth-order valence-electron chi connectivity index (χ4n) is 3.29. The molecular weight excluding hydrogens is 372 g/mol. The second-order valence-electron chi connectivity index (χ2n) is 6.82. The van der Waals surface area contributed by atoms with Crippen molar-refractivity contribution < 1.29 is 9.90 Å². The first-order valence-corrected chi connectivity index (χ1v) is 8.90. The van der Waals surface area contributed by atoms with Gasteiger partial charge in [-0.15, -0.1) is 0 Å². The maximum Gasteiger partial charge on any atom is 0.332 e. The summed E-state index contributed by atoms with van der Waals surface area (Å²) in [6, 6.07) is 13.2. The number of aryl methyl sites for hydroxylation is 1. The number of ketones is 1. The highest BCUT2D eigenvalue weighted by molar-refractivity contribution is 6.09. The lowest BCUT2D eigenvalue weighted by Gasteiger charge is -2.09. The van der Waals surface area contributed by atoms with Gasteiger partial charge in [0.2, 0.25) is 0 Å². The fourth-order valence-corrected chi connectivity index (χ4v) is 3.29. The molecule has 0 atom stereocenters. The second-order valence-corrected chi connectivity index (χ2v) is 6.82. The summed E-state index contributed by atoms with van der Waals surface area (Å²) in [4.78, 5) is 41.2. The van der Waals surface area contributed by atoms with Crippen LogP contribution in [0.15, 0.2) is 64.4 Å². The van der Waals surface area contributed by atoms with Crippen LogP contribution in [0.2, 0.25) is 0 Å². The Morgan fingerprint density at radius 3 is 2.14 bits per heavy atom. The van der Waals surface area contributed by atoms with Gasteiger partial charge in [-0.2, -0.15) is 0 Å². The maximum absolute atomic E-state index is 12.5. The third-order valence-corrected chi connectivity index (χ3v) is 4.91. The van der Waals surface area contributed by atoms with Gasteiger partial charge in [0, 0.05) is 25.2 Å². The summed E-state index contributed by atoms with van der Waals surface area (Å²) >= 11 is 0. The lowest BCUT2D eigenvalue weighted by molar-refractivity contribution is 0.103. The van der Waals surface area contributed by atoms with Crippen LogP contribution in [0.3, 0.4) is 0 Å². The van der Waals surface area contributed by atoms with Gasteiger partial charge in [-0.25, -0.2) is 9.78 Å². The van der Waals surface area contributed by atoms with Gasteiger partial charge >= 0.3 is 5.69 Å². The molecule has 0 radical (unpaired) electrons. The first kappa shape index (κ1) is 18.4. The second kappa shape index (κ2) is 6.90. The van der Waals surface area contributed by atoms with E-state index in [1.165, 1.54) is 30.1 Å². The van der Waals surface area contributed by atoms with Gasteiger partial charge in [-0.1, -0.05) is 24.3 Å². The van der Waals surface area contributed by atoms with E-state index < -0.39 is 11.2 Å². The number of phenolic OH excluding ortho intramolecular Hbond substituents is 1. The SMILES string of the molecule is Cn1c(=O)c2ncn(Cc3ccc(C(=O)c4ccc(O)cc4)cc3)c2n(C)c1=O. The van der Waals surface area contributed by atoms with Crippen LogP contribution in [0.4, 0.5) is 0 Å². The predicted octanol–water partition coefficient (Wildman–Crippen LogP) is 1.42. The number of carbonyl (C=O) groups excluding carboxylic acids is 1. The first-order chi connectivity index (χ1) is 13.9. The molecule has 2 aromatic heterocycles. The number of aromatic nitrogens is 4. The van der Waals surface area contributed by atoms with E-state index in [9.17, 15) is 19.5 Å². The minimum Gasteiger partial charge on any atom is -0.508 e. The van der Waals surface area contributed by atoms with Crippen molar-refractivity contribution in [1.29, 1.82) is 0 Å². The van der Waals surface area contributed by atoms with Crippen LogP contribution in [0.5, 0.6) is 5.75 Å². The predicted molar refractivity (Wildman–Crippen MR) is 107 cm³/mol. The van der Waals surface area contributed by atoms with Gasteiger partial charge in [0.15, 0.2) is 11.3 Å². The molecule has 4 aromatic rings. The van der Waals surface area contributed by atoms with Gasteiger partial charge in [0.25, 0.3) is 5.56 Å². The summed E-state index contributed by atoms with van der Waals surface area (Å²) in [6.45, 7) is 0.393. The summed E-state index contributed by atoms with van der Waals surface area (Å²) in [5.74, 6) is -0.0378. The number of hydrogen-bond acceptors (Lipinski definition) is 5. The molecule has 0 bridgehead atoms. The van der Waals surface area contributed by atoms with E-state index in [1.54, 1.807) is 35.9 Å². The van der Waals surface area contributed by atoms with Crippen molar-refractivity contribution in [2.24, 2.45) is 14.1 Å². The number of phenols is 1. The lowest BCUT2D eigenvalue weighted by Crippen LogP contribution is -2.37. The smallest absolute Gasteiger partial charge is 0.332 e. The zero-order chi connectivity index (χ0) is 20.7.